The fraction of sp³-hybridized carbons (Fsp3) is 0.231. The summed E-state index contributed by atoms with van der Waals surface area (Å²) in [5.74, 6) is 0. The van der Waals surface area contributed by atoms with Crippen molar-refractivity contribution in [2.75, 3.05) is 5.32 Å². The van der Waals surface area contributed by atoms with Crippen molar-refractivity contribution in [1.82, 2.24) is 0 Å². The third kappa shape index (κ3) is 2.77. The minimum atomic E-state index is 0.773. The van der Waals surface area contributed by atoms with Crippen molar-refractivity contribution >= 4 is 28.6 Å². The molecule has 1 aromatic carbocycles. The number of rotatable bonds is 4. The summed E-state index contributed by atoms with van der Waals surface area (Å²) in [4.78, 5) is 2.77. The molecule has 0 fully saturated rings. The van der Waals surface area contributed by atoms with Gasteiger partial charge < -0.3 is 5.32 Å². The van der Waals surface area contributed by atoms with Gasteiger partial charge in [-0.2, -0.15) is 0 Å². The number of aryl methyl sites for hydroxylation is 1. The van der Waals surface area contributed by atoms with Crippen LogP contribution in [0.5, 0.6) is 0 Å². The van der Waals surface area contributed by atoms with Gasteiger partial charge in [-0.05, 0) is 30.7 Å². The normalized spacial score (nSPS) is 10.4. The molecule has 0 saturated carbocycles. The van der Waals surface area contributed by atoms with Crippen LogP contribution in [0.1, 0.15) is 16.7 Å². The topological polar surface area (TPSA) is 12.0 Å². The minimum Gasteiger partial charge on any atom is -0.379 e. The Labute approximate surface area is 105 Å². The molecule has 0 amide bonds. The molecule has 0 spiro atoms. The van der Waals surface area contributed by atoms with Crippen molar-refractivity contribution in [2.24, 2.45) is 0 Å². The van der Waals surface area contributed by atoms with Crippen molar-refractivity contribution in [2.45, 2.75) is 19.9 Å². The van der Waals surface area contributed by atoms with Crippen LogP contribution in [0.15, 0.2) is 36.4 Å². The maximum atomic E-state index is 6.06. The Bertz CT molecular complexity index is 464. The first-order valence-corrected chi connectivity index (χ1v) is 6.55. The van der Waals surface area contributed by atoms with Gasteiger partial charge in [-0.1, -0.05) is 30.7 Å². The molecule has 0 aliphatic carbocycles. The summed E-state index contributed by atoms with van der Waals surface area (Å²) >= 11 is 7.92. The van der Waals surface area contributed by atoms with E-state index in [0.29, 0.717) is 0 Å². The number of benzene rings is 1. The van der Waals surface area contributed by atoms with Crippen LogP contribution in [0.4, 0.5) is 5.69 Å². The number of anilines is 1. The number of halogens is 1. The average Bonchev–Trinajstić information content (AvgIpc) is 2.76. The Balaban J connectivity index is 1.99. The summed E-state index contributed by atoms with van der Waals surface area (Å²) in [5.41, 5.74) is 0.996. The van der Waals surface area contributed by atoms with E-state index in [1.54, 1.807) is 0 Å². The smallest absolute Gasteiger partial charge is 0.0637 e. The molecular formula is C13H14ClNS. The number of hydrogen-bond acceptors (Lipinski definition) is 2. The molecule has 84 valence electrons. The van der Waals surface area contributed by atoms with Crippen LogP contribution in [0.2, 0.25) is 5.02 Å². The van der Waals surface area contributed by atoms with Gasteiger partial charge in [0.1, 0.15) is 0 Å². The van der Waals surface area contributed by atoms with Gasteiger partial charge in [0.25, 0.3) is 0 Å². The maximum absolute atomic E-state index is 6.06. The van der Waals surface area contributed by atoms with Crippen LogP contribution in [0.3, 0.4) is 0 Å². The fourth-order valence-corrected chi connectivity index (χ4v) is 2.59. The monoisotopic (exact) mass is 251 g/mol. The highest BCUT2D eigenvalue weighted by Gasteiger charge is 2.00. The fourth-order valence-electron chi connectivity index (χ4n) is 1.49. The van der Waals surface area contributed by atoms with Gasteiger partial charge in [0.2, 0.25) is 0 Å². The van der Waals surface area contributed by atoms with E-state index in [1.165, 1.54) is 9.75 Å². The van der Waals surface area contributed by atoms with E-state index in [0.717, 1.165) is 23.7 Å². The van der Waals surface area contributed by atoms with Crippen LogP contribution in [-0.2, 0) is 13.0 Å². The molecular weight excluding hydrogens is 238 g/mol. The number of para-hydroxylation sites is 1. The van der Waals surface area contributed by atoms with Crippen molar-refractivity contribution in [3.63, 3.8) is 0 Å². The third-order valence-electron chi connectivity index (χ3n) is 2.39. The van der Waals surface area contributed by atoms with Gasteiger partial charge in [0.15, 0.2) is 0 Å². The first-order chi connectivity index (χ1) is 7.79. The molecule has 0 radical (unpaired) electrons. The lowest BCUT2D eigenvalue weighted by molar-refractivity contribution is 1.19. The lowest BCUT2D eigenvalue weighted by atomic mass is 10.3. The predicted molar refractivity (Wildman–Crippen MR) is 72.5 cm³/mol. The van der Waals surface area contributed by atoms with E-state index in [9.17, 15) is 0 Å². The molecule has 3 heteroatoms. The molecule has 0 aliphatic heterocycles. The maximum Gasteiger partial charge on any atom is 0.0637 e. The zero-order valence-corrected chi connectivity index (χ0v) is 10.7. The molecule has 0 unspecified atom stereocenters. The highest BCUT2D eigenvalue weighted by molar-refractivity contribution is 7.12. The molecule has 0 bridgehead atoms. The molecule has 1 N–H and O–H groups in total. The Morgan fingerprint density at radius 1 is 1.12 bits per heavy atom. The standard InChI is InChI=1S/C13H14ClNS/c1-2-10-7-8-11(16-10)9-15-13-6-4-3-5-12(13)14/h3-8,15H,2,9H2,1H3. The lowest BCUT2D eigenvalue weighted by Crippen LogP contribution is -1.97. The lowest BCUT2D eigenvalue weighted by Gasteiger charge is -2.06. The van der Waals surface area contributed by atoms with Crippen molar-refractivity contribution < 1.29 is 0 Å². The second-order valence-corrected chi connectivity index (χ2v) is 5.22. The van der Waals surface area contributed by atoms with Gasteiger partial charge in [-0.25, -0.2) is 0 Å². The van der Waals surface area contributed by atoms with Gasteiger partial charge in [-0.15, -0.1) is 11.3 Å². The largest absolute Gasteiger partial charge is 0.379 e. The van der Waals surface area contributed by atoms with Crippen LogP contribution in [0, 0.1) is 0 Å². The van der Waals surface area contributed by atoms with E-state index >= 15 is 0 Å². The zero-order chi connectivity index (χ0) is 11.4. The SMILES string of the molecule is CCc1ccc(CNc2ccccc2Cl)s1. The second kappa shape index (κ2) is 5.37. The summed E-state index contributed by atoms with van der Waals surface area (Å²) < 4.78 is 0. The molecule has 2 aromatic rings. The summed E-state index contributed by atoms with van der Waals surface area (Å²) in [6.45, 7) is 3.02. The molecule has 0 saturated heterocycles. The Morgan fingerprint density at radius 2 is 1.88 bits per heavy atom. The van der Waals surface area contributed by atoms with Gasteiger partial charge in [0, 0.05) is 16.3 Å². The molecule has 0 atom stereocenters. The summed E-state index contributed by atoms with van der Waals surface area (Å²) in [5, 5.41) is 4.12. The van der Waals surface area contributed by atoms with Crippen molar-refractivity contribution in [3.05, 3.63) is 51.2 Å². The molecule has 1 aromatic heterocycles. The Morgan fingerprint density at radius 3 is 2.56 bits per heavy atom. The number of thiophene rings is 1. The van der Waals surface area contributed by atoms with Gasteiger partial charge in [-0.3, -0.25) is 0 Å². The van der Waals surface area contributed by atoms with Gasteiger partial charge >= 0.3 is 0 Å². The second-order valence-electron chi connectivity index (χ2n) is 3.55. The van der Waals surface area contributed by atoms with Crippen LogP contribution < -0.4 is 5.32 Å². The van der Waals surface area contributed by atoms with E-state index in [1.807, 2.05) is 35.6 Å². The molecule has 1 heterocycles. The minimum absolute atomic E-state index is 0.773. The molecule has 0 aliphatic rings. The first kappa shape index (κ1) is 11.5. The van der Waals surface area contributed by atoms with E-state index in [-0.39, 0.29) is 0 Å². The van der Waals surface area contributed by atoms with Crippen molar-refractivity contribution in [3.8, 4) is 0 Å². The van der Waals surface area contributed by atoms with Crippen LogP contribution >= 0.6 is 22.9 Å². The van der Waals surface area contributed by atoms with Gasteiger partial charge in [0.05, 0.1) is 10.7 Å². The quantitative estimate of drug-likeness (QED) is 0.839. The summed E-state index contributed by atoms with van der Waals surface area (Å²) in [6, 6.07) is 12.2. The zero-order valence-electron chi connectivity index (χ0n) is 9.16. The average molecular weight is 252 g/mol. The number of hydrogen-bond donors (Lipinski definition) is 1. The van der Waals surface area contributed by atoms with E-state index in [4.69, 9.17) is 11.6 Å². The first-order valence-electron chi connectivity index (χ1n) is 5.35. The molecule has 16 heavy (non-hydrogen) atoms. The molecule has 1 nitrogen and oxygen atoms in total. The highest BCUT2D eigenvalue weighted by atomic mass is 35.5. The van der Waals surface area contributed by atoms with E-state index in [2.05, 4.69) is 24.4 Å². The Kier molecular flexibility index (Phi) is 3.86. The van der Waals surface area contributed by atoms with Crippen molar-refractivity contribution in [1.29, 1.82) is 0 Å². The third-order valence-corrected chi connectivity index (χ3v) is 3.95. The number of nitrogens with one attached hydrogen (secondary N) is 1. The summed E-state index contributed by atoms with van der Waals surface area (Å²) in [7, 11) is 0. The van der Waals surface area contributed by atoms with Crippen LogP contribution in [0.25, 0.3) is 0 Å². The predicted octanol–water partition coefficient (Wildman–Crippen LogP) is 4.58. The molecule has 2 rings (SSSR count). The van der Waals surface area contributed by atoms with E-state index < -0.39 is 0 Å². The Hall–Kier alpha value is -0.990. The van der Waals surface area contributed by atoms with Crippen LogP contribution in [-0.4, -0.2) is 0 Å². The highest BCUT2D eigenvalue weighted by Crippen LogP contribution is 2.23. The summed E-state index contributed by atoms with van der Waals surface area (Å²) in [6.07, 6.45) is 1.11.